The van der Waals surface area contributed by atoms with Gasteiger partial charge in [0.05, 0.1) is 7.11 Å². The molecule has 102 valence electrons. The first kappa shape index (κ1) is 13.5. The predicted octanol–water partition coefficient (Wildman–Crippen LogP) is 2.57. The van der Waals surface area contributed by atoms with Crippen LogP contribution in [0.1, 0.15) is 10.4 Å². The molecule has 7 heteroatoms. The van der Waals surface area contributed by atoms with Gasteiger partial charge in [0, 0.05) is 6.07 Å². The summed E-state index contributed by atoms with van der Waals surface area (Å²) in [4.78, 5) is 25.1. The predicted molar refractivity (Wildman–Crippen MR) is 68.7 cm³/mol. The topological polar surface area (TPSA) is 91.6 Å². The average Bonchev–Trinajstić information content (AvgIpc) is 2.47. The number of ether oxygens (including phenoxy) is 2. The maximum Gasteiger partial charge on any atom is 0.363 e. The summed E-state index contributed by atoms with van der Waals surface area (Å²) in [6, 6.07) is 9.14. The van der Waals surface area contributed by atoms with Gasteiger partial charge in [0.25, 0.3) is 0 Å². The molecular weight excluding hydrogens is 264 g/mol. The zero-order chi connectivity index (χ0) is 14.5. The fourth-order valence-electron chi connectivity index (χ4n) is 1.50. The minimum atomic E-state index is -0.605. The molecule has 20 heavy (non-hydrogen) atoms. The van der Waals surface area contributed by atoms with Crippen LogP contribution in [0.4, 0.5) is 5.82 Å². The number of methoxy groups -OCH3 is 1. The normalized spacial score (nSPS) is 9.85. The van der Waals surface area contributed by atoms with Crippen molar-refractivity contribution in [2.75, 3.05) is 7.11 Å². The van der Waals surface area contributed by atoms with Crippen molar-refractivity contribution in [3.8, 4) is 11.5 Å². The molecule has 0 bridgehead atoms. The smallest absolute Gasteiger partial charge is 0.363 e. The van der Waals surface area contributed by atoms with Gasteiger partial charge < -0.3 is 19.6 Å². The molecule has 0 aliphatic rings. The Balaban J connectivity index is 2.26. The Bertz CT molecular complexity index is 639. The quantitative estimate of drug-likeness (QED) is 0.483. The van der Waals surface area contributed by atoms with Gasteiger partial charge in [-0.05, 0) is 28.1 Å². The molecule has 0 amide bonds. The molecule has 0 fully saturated rings. The van der Waals surface area contributed by atoms with Crippen LogP contribution >= 0.6 is 0 Å². The van der Waals surface area contributed by atoms with E-state index in [4.69, 9.17) is 4.74 Å². The standard InChI is InChI=1S/C13H10N2O5/c1-19-13(16)10-4-2-3-5-11(10)20-9-6-7-12(14-8-9)15(17)18/h2-8H,1H3. The van der Waals surface area contributed by atoms with E-state index in [0.717, 1.165) is 0 Å². The van der Waals surface area contributed by atoms with Crippen LogP contribution < -0.4 is 4.74 Å². The summed E-state index contributed by atoms with van der Waals surface area (Å²) in [5.74, 6) is -0.240. The largest absolute Gasteiger partial charge is 0.465 e. The highest BCUT2D eigenvalue weighted by Crippen LogP contribution is 2.26. The molecule has 7 nitrogen and oxygen atoms in total. The zero-order valence-electron chi connectivity index (χ0n) is 10.5. The number of esters is 1. The number of nitrogens with zero attached hydrogens (tertiary/aromatic N) is 2. The Labute approximate surface area is 113 Å². The highest BCUT2D eigenvalue weighted by atomic mass is 16.6. The number of para-hydroxylation sites is 1. The number of nitro groups is 1. The lowest BCUT2D eigenvalue weighted by Gasteiger charge is -2.08. The fourth-order valence-corrected chi connectivity index (χ4v) is 1.50. The van der Waals surface area contributed by atoms with Crippen molar-refractivity contribution in [3.05, 3.63) is 58.3 Å². The summed E-state index contributed by atoms with van der Waals surface area (Å²) < 4.78 is 10.1. The molecule has 0 atom stereocenters. The Morgan fingerprint density at radius 2 is 2.00 bits per heavy atom. The maximum absolute atomic E-state index is 11.6. The summed E-state index contributed by atoms with van der Waals surface area (Å²) in [6.45, 7) is 0. The van der Waals surface area contributed by atoms with Crippen molar-refractivity contribution in [1.29, 1.82) is 0 Å². The number of aromatic nitrogens is 1. The van der Waals surface area contributed by atoms with Crippen molar-refractivity contribution < 1.29 is 19.2 Å². The van der Waals surface area contributed by atoms with E-state index >= 15 is 0 Å². The van der Waals surface area contributed by atoms with E-state index in [1.54, 1.807) is 24.3 Å². The summed E-state index contributed by atoms with van der Waals surface area (Å²) in [5, 5.41) is 10.5. The van der Waals surface area contributed by atoms with Crippen LogP contribution in [0.5, 0.6) is 11.5 Å². The lowest BCUT2D eigenvalue weighted by atomic mass is 10.2. The second kappa shape index (κ2) is 5.79. The van der Waals surface area contributed by atoms with E-state index in [-0.39, 0.29) is 22.9 Å². The Hall–Kier alpha value is -2.96. The van der Waals surface area contributed by atoms with Crippen LogP contribution in [-0.2, 0) is 4.74 Å². The van der Waals surface area contributed by atoms with E-state index in [1.807, 2.05) is 0 Å². The van der Waals surface area contributed by atoms with E-state index < -0.39 is 10.9 Å². The van der Waals surface area contributed by atoms with Gasteiger partial charge in [0.2, 0.25) is 0 Å². The van der Waals surface area contributed by atoms with Gasteiger partial charge in [-0.3, -0.25) is 0 Å². The van der Waals surface area contributed by atoms with Crippen LogP contribution in [0.2, 0.25) is 0 Å². The van der Waals surface area contributed by atoms with Gasteiger partial charge in [0.15, 0.2) is 11.9 Å². The monoisotopic (exact) mass is 274 g/mol. The molecule has 0 unspecified atom stereocenters. The minimum Gasteiger partial charge on any atom is -0.465 e. The summed E-state index contributed by atoms with van der Waals surface area (Å²) in [6.07, 6.45) is 1.21. The van der Waals surface area contributed by atoms with Gasteiger partial charge >= 0.3 is 11.8 Å². The number of hydrogen-bond donors (Lipinski definition) is 0. The number of benzene rings is 1. The molecule has 0 aliphatic heterocycles. The van der Waals surface area contributed by atoms with Crippen molar-refractivity contribution in [3.63, 3.8) is 0 Å². The number of hydrogen-bond acceptors (Lipinski definition) is 6. The van der Waals surface area contributed by atoms with Gasteiger partial charge in [-0.15, -0.1) is 0 Å². The zero-order valence-corrected chi connectivity index (χ0v) is 10.5. The van der Waals surface area contributed by atoms with Gasteiger partial charge in [-0.25, -0.2) is 4.79 Å². The molecule has 0 aliphatic carbocycles. The third kappa shape index (κ3) is 2.89. The van der Waals surface area contributed by atoms with Crippen LogP contribution in [0.15, 0.2) is 42.6 Å². The molecular formula is C13H10N2O5. The molecule has 2 aromatic rings. The Kier molecular flexibility index (Phi) is 3.90. The SMILES string of the molecule is COC(=O)c1ccccc1Oc1ccc([N+](=O)[O-])nc1. The summed E-state index contributed by atoms with van der Waals surface area (Å²) in [5.41, 5.74) is 0.258. The second-order valence-electron chi connectivity index (χ2n) is 3.70. The first-order chi connectivity index (χ1) is 9.61. The number of carbonyl (C=O) groups excluding carboxylic acids is 1. The van der Waals surface area contributed by atoms with E-state index in [0.29, 0.717) is 0 Å². The van der Waals surface area contributed by atoms with E-state index in [2.05, 4.69) is 9.72 Å². The molecule has 1 aromatic carbocycles. The first-order valence-corrected chi connectivity index (χ1v) is 5.57. The lowest BCUT2D eigenvalue weighted by Crippen LogP contribution is -2.03. The molecule has 0 radical (unpaired) electrons. The molecule has 0 saturated carbocycles. The highest BCUT2D eigenvalue weighted by Gasteiger charge is 2.14. The lowest BCUT2D eigenvalue weighted by molar-refractivity contribution is -0.389. The molecule has 1 heterocycles. The van der Waals surface area contributed by atoms with Crippen LogP contribution in [-0.4, -0.2) is 23.0 Å². The van der Waals surface area contributed by atoms with Gasteiger partial charge in [-0.1, -0.05) is 12.1 Å². The average molecular weight is 274 g/mol. The molecule has 0 saturated heterocycles. The van der Waals surface area contributed by atoms with Crippen molar-refractivity contribution in [1.82, 2.24) is 4.98 Å². The number of pyridine rings is 1. The van der Waals surface area contributed by atoms with E-state index in [9.17, 15) is 14.9 Å². The molecule has 0 N–H and O–H groups in total. The third-order valence-electron chi connectivity index (χ3n) is 2.43. The van der Waals surface area contributed by atoms with Crippen LogP contribution in [0.25, 0.3) is 0 Å². The first-order valence-electron chi connectivity index (χ1n) is 5.57. The van der Waals surface area contributed by atoms with E-state index in [1.165, 1.54) is 25.4 Å². The van der Waals surface area contributed by atoms with Crippen LogP contribution in [0, 0.1) is 10.1 Å². The van der Waals surface area contributed by atoms with Gasteiger partial charge in [0.1, 0.15) is 11.3 Å². The number of carbonyl (C=O) groups is 1. The summed E-state index contributed by atoms with van der Waals surface area (Å²) >= 11 is 0. The molecule has 1 aromatic heterocycles. The van der Waals surface area contributed by atoms with Crippen molar-refractivity contribution in [2.24, 2.45) is 0 Å². The van der Waals surface area contributed by atoms with Crippen molar-refractivity contribution >= 4 is 11.8 Å². The molecule has 0 spiro atoms. The summed E-state index contributed by atoms with van der Waals surface area (Å²) in [7, 11) is 1.27. The third-order valence-corrected chi connectivity index (χ3v) is 2.43. The van der Waals surface area contributed by atoms with Crippen LogP contribution in [0.3, 0.4) is 0 Å². The Morgan fingerprint density at radius 3 is 2.60 bits per heavy atom. The minimum absolute atomic E-state index is 0.258. The molecule has 2 rings (SSSR count). The van der Waals surface area contributed by atoms with Crippen molar-refractivity contribution in [2.45, 2.75) is 0 Å². The fraction of sp³-hybridized carbons (Fsp3) is 0.0769. The highest BCUT2D eigenvalue weighted by molar-refractivity contribution is 5.92. The second-order valence-corrected chi connectivity index (χ2v) is 3.70. The Morgan fingerprint density at radius 1 is 1.25 bits per heavy atom. The number of rotatable bonds is 4. The van der Waals surface area contributed by atoms with Gasteiger partial charge in [-0.2, -0.15) is 0 Å². The maximum atomic E-state index is 11.6.